The number of nitrogen functional groups attached to an aromatic ring is 1. The molecule has 1 aromatic rings. The molecule has 0 amide bonds. The van der Waals surface area contributed by atoms with Crippen LogP contribution >= 0.6 is 34.2 Å². The van der Waals surface area contributed by atoms with E-state index in [-0.39, 0.29) is 12.4 Å². The van der Waals surface area contributed by atoms with Gasteiger partial charge < -0.3 is 20.7 Å². The summed E-state index contributed by atoms with van der Waals surface area (Å²) in [4.78, 5) is 15.3. The third kappa shape index (κ3) is 2.35. The first-order valence-corrected chi connectivity index (χ1v) is 6.60. The third-order valence-electron chi connectivity index (χ3n) is 2.68. The van der Waals surface area contributed by atoms with E-state index < -0.39 is 29.5 Å². The van der Waals surface area contributed by atoms with E-state index in [0.29, 0.717) is 3.57 Å². The normalized spacial score (nSPS) is 31.8. The number of nitrogens with zero attached hydrogens (tertiary/aromatic N) is 2. The van der Waals surface area contributed by atoms with Crippen LogP contribution in [0.15, 0.2) is 11.0 Å². The van der Waals surface area contributed by atoms with Gasteiger partial charge in [0.15, 0.2) is 6.23 Å². The van der Waals surface area contributed by atoms with Crippen LogP contribution in [0.2, 0.25) is 0 Å². The van der Waals surface area contributed by atoms with Crippen LogP contribution in [0.25, 0.3) is 0 Å². The van der Waals surface area contributed by atoms with Gasteiger partial charge in [0.05, 0.1) is 10.2 Å². The lowest BCUT2D eigenvalue weighted by Crippen LogP contribution is -2.33. The zero-order valence-corrected chi connectivity index (χ0v) is 11.9. The first-order chi connectivity index (χ1) is 8.45. The van der Waals surface area contributed by atoms with Crippen molar-refractivity contribution in [3.05, 3.63) is 20.3 Å². The standard InChI is InChI=1S/C9H11ClIN3O4/c10-5-6(16)4(2-15)18-8(5)14-1-3(11)7(12)13-9(14)17/h1,4-6,8,15-16H,2H2,(H2,12,13,17)/t4-,5-,6-,8-/m0/s1. The average molecular weight is 388 g/mol. The molecule has 1 saturated heterocycles. The molecule has 18 heavy (non-hydrogen) atoms. The summed E-state index contributed by atoms with van der Waals surface area (Å²) in [6.07, 6.45) is -1.30. The summed E-state index contributed by atoms with van der Waals surface area (Å²) in [5.74, 6) is 0.125. The van der Waals surface area contributed by atoms with Gasteiger partial charge in [-0.15, -0.1) is 11.6 Å². The third-order valence-corrected chi connectivity index (χ3v) is 3.99. The molecular formula is C9H11ClIN3O4. The number of alkyl halides is 1. The number of halogens is 2. The van der Waals surface area contributed by atoms with Gasteiger partial charge in [-0.05, 0) is 22.6 Å². The molecule has 0 unspecified atom stereocenters. The van der Waals surface area contributed by atoms with E-state index in [4.69, 9.17) is 27.2 Å². The van der Waals surface area contributed by atoms with Crippen molar-refractivity contribution < 1.29 is 14.9 Å². The Kier molecular flexibility index (Phi) is 4.11. The fourth-order valence-electron chi connectivity index (χ4n) is 1.72. The van der Waals surface area contributed by atoms with Crippen molar-refractivity contribution in [2.75, 3.05) is 12.3 Å². The molecule has 0 saturated carbocycles. The molecule has 2 heterocycles. The Morgan fingerprint density at radius 2 is 2.33 bits per heavy atom. The molecule has 0 aliphatic carbocycles. The van der Waals surface area contributed by atoms with Crippen molar-refractivity contribution in [2.24, 2.45) is 0 Å². The molecule has 7 nitrogen and oxygen atoms in total. The Hall–Kier alpha value is -0.420. The number of anilines is 1. The molecule has 1 fully saturated rings. The van der Waals surface area contributed by atoms with Gasteiger partial charge >= 0.3 is 5.69 Å². The summed E-state index contributed by atoms with van der Waals surface area (Å²) in [6, 6.07) is 0. The summed E-state index contributed by atoms with van der Waals surface area (Å²) in [5, 5.41) is 17.9. The molecule has 4 atom stereocenters. The maximum absolute atomic E-state index is 11.7. The van der Waals surface area contributed by atoms with Crippen LogP contribution in [0.3, 0.4) is 0 Å². The van der Waals surface area contributed by atoms with E-state index in [1.54, 1.807) is 0 Å². The second kappa shape index (κ2) is 5.29. The number of aromatic nitrogens is 2. The number of aliphatic hydroxyl groups excluding tert-OH is 2. The van der Waals surface area contributed by atoms with Crippen LogP contribution in [0.4, 0.5) is 5.82 Å². The first kappa shape index (κ1) is 14.0. The molecule has 0 bridgehead atoms. The Bertz CT molecular complexity index is 511. The lowest BCUT2D eigenvalue weighted by molar-refractivity contribution is -0.0457. The highest BCUT2D eigenvalue weighted by molar-refractivity contribution is 14.1. The highest BCUT2D eigenvalue weighted by Gasteiger charge is 2.43. The molecule has 100 valence electrons. The van der Waals surface area contributed by atoms with Crippen LogP contribution in [-0.2, 0) is 4.74 Å². The van der Waals surface area contributed by atoms with Crippen LogP contribution in [0, 0.1) is 3.57 Å². The molecule has 1 aliphatic rings. The summed E-state index contributed by atoms with van der Waals surface area (Å²) in [7, 11) is 0. The molecule has 0 radical (unpaired) electrons. The minimum absolute atomic E-state index is 0.125. The first-order valence-electron chi connectivity index (χ1n) is 5.08. The summed E-state index contributed by atoms with van der Waals surface area (Å²) >= 11 is 7.92. The summed E-state index contributed by atoms with van der Waals surface area (Å²) in [5.41, 5.74) is 4.89. The lowest BCUT2D eigenvalue weighted by Gasteiger charge is -2.17. The molecule has 9 heteroatoms. The largest absolute Gasteiger partial charge is 0.394 e. The van der Waals surface area contributed by atoms with E-state index in [2.05, 4.69) is 4.98 Å². The topological polar surface area (TPSA) is 111 Å². The predicted octanol–water partition coefficient (Wildman–Crippen LogP) is -0.712. The molecule has 1 aromatic heterocycles. The van der Waals surface area contributed by atoms with Crippen molar-refractivity contribution in [2.45, 2.75) is 23.8 Å². The minimum atomic E-state index is -1.05. The van der Waals surface area contributed by atoms with Crippen LogP contribution in [0.5, 0.6) is 0 Å². The van der Waals surface area contributed by atoms with Gasteiger partial charge in [-0.1, -0.05) is 0 Å². The monoisotopic (exact) mass is 387 g/mol. The van der Waals surface area contributed by atoms with Gasteiger partial charge in [-0.2, -0.15) is 4.98 Å². The van der Waals surface area contributed by atoms with Crippen LogP contribution in [0.1, 0.15) is 6.23 Å². The number of hydrogen-bond donors (Lipinski definition) is 3. The average Bonchev–Trinajstić information content (AvgIpc) is 2.61. The van der Waals surface area contributed by atoms with Gasteiger partial charge in [0.1, 0.15) is 23.4 Å². The van der Waals surface area contributed by atoms with Gasteiger partial charge in [0.2, 0.25) is 0 Å². The van der Waals surface area contributed by atoms with Crippen molar-refractivity contribution >= 4 is 40.0 Å². The van der Waals surface area contributed by atoms with Crippen molar-refractivity contribution in [1.29, 1.82) is 0 Å². The summed E-state index contributed by atoms with van der Waals surface area (Å²) < 4.78 is 7.08. The quantitative estimate of drug-likeness (QED) is 0.457. The molecule has 0 aromatic carbocycles. The summed E-state index contributed by atoms with van der Waals surface area (Å²) in [6.45, 7) is -0.380. The van der Waals surface area contributed by atoms with Crippen molar-refractivity contribution in [1.82, 2.24) is 9.55 Å². The maximum Gasteiger partial charge on any atom is 0.351 e. The predicted molar refractivity (Wildman–Crippen MR) is 72.3 cm³/mol. The molecular weight excluding hydrogens is 376 g/mol. The van der Waals surface area contributed by atoms with E-state index >= 15 is 0 Å². The zero-order valence-electron chi connectivity index (χ0n) is 9.03. The highest BCUT2D eigenvalue weighted by atomic mass is 127. The molecule has 0 spiro atoms. The Labute approximate surface area is 121 Å². The maximum atomic E-state index is 11.7. The fourth-order valence-corrected chi connectivity index (χ4v) is 2.48. The van der Waals surface area contributed by atoms with Gasteiger partial charge in [0, 0.05) is 6.20 Å². The van der Waals surface area contributed by atoms with Crippen LogP contribution in [-0.4, -0.2) is 44.0 Å². The van der Waals surface area contributed by atoms with Crippen LogP contribution < -0.4 is 11.4 Å². The van der Waals surface area contributed by atoms with E-state index in [9.17, 15) is 9.90 Å². The Morgan fingerprint density at radius 3 is 2.89 bits per heavy atom. The van der Waals surface area contributed by atoms with E-state index in [0.717, 1.165) is 4.57 Å². The SMILES string of the molecule is Nc1nc(=O)n([C@H]2O[C@@H](CO)[C@H](O)[C@@H]2Cl)cc1I. The Morgan fingerprint density at radius 1 is 1.67 bits per heavy atom. The smallest absolute Gasteiger partial charge is 0.351 e. The zero-order chi connectivity index (χ0) is 13.4. The number of ether oxygens (including phenoxy) is 1. The number of rotatable bonds is 2. The molecule has 4 N–H and O–H groups in total. The van der Waals surface area contributed by atoms with Gasteiger partial charge in [-0.3, -0.25) is 4.57 Å². The second-order valence-corrected chi connectivity index (χ2v) is 5.51. The van der Waals surface area contributed by atoms with E-state index in [1.165, 1.54) is 6.20 Å². The van der Waals surface area contributed by atoms with E-state index in [1.807, 2.05) is 22.6 Å². The number of aliphatic hydroxyl groups is 2. The van der Waals surface area contributed by atoms with Crippen molar-refractivity contribution in [3.8, 4) is 0 Å². The lowest BCUT2D eigenvalue weighted by atomic mass is 10.2. The Balaban J connectivity index is 2.39. The van der Waals surface area contributed by atoms with Gasteiger partial charge in [-0.25, -0.2) is 4.79 Å². The van der Waals surface area contributed by atoms with Crippen molar-refractivity contribution in [3.63, 3.8) is 0 Å². The number of nitrogens with two attached hydrogens (primary N) is 1. The molecule has 2 rings (SSSR count). The highest BCUT2D eigenvalue weighted by Crippen LogP contribution is 2.32. The minimum Gasteiger partial charge on any atom is -0.394 e. The molecule has 1 aliphatic heterocycles. The second-order valence-electron chi connectivity index (χ2n) is 3.85. The number of hydrogen-bond acceptors (Lipinski definition) is 6. The fraction of sp³-hybridized carbons (Fsp3) is 0.556. The van der Waals surface area contributed by atoms with Gasteiger partial charge in [0.25, 0.3) is 0 Å².